The van der Waals surface area contributed by atoms with Crippen LogP contribution in [0.4, 0.5) is 4.39 Å². The maximum Gasteiger partial charge on any atom is 0.326 e. The number of H-pyrrole nitrogens is 1. The number of pyridine rings is 1. The number of carboxylic acids is 1. The molecule has 0 saturated carbocycles. The Hall–Kier alpha value is -2.77. The molecule has 0 spiro atoms. The highest BCUT2D eigenvalue weighted by molar-refractivity contribution is 5.95. The molecule has 3 heterocycles. The highest BCUT2D eigenvalue weighted by atomic mass is 19.1. The summed E-state index contributed by atoms with van der Waals surface area (Å²) in [4.78, 5) is 35.6. The summed E-state index contributed by atoms with van der Waals surface area (Å²) < 4.78 is 12.9. The zero-order valence-electron chi connectivity index (χ0n) is 10.8. The van der Waals surface area contributed by atoms with Gasteiger partial charge in [0.05, 0.1) is 30.5 Å². The van der Waals surface area contributed by atoms with Gasteiger partial charge in [-0.15, -0.1) is 0 Å². The van der Waals surface area contributed by atoms with Crippen molar-refractivity contribution in [1.29, 1.82) is 0 Å². The molecule has 1 amide bonds. The molecule has 8 heteroatoms. The molecule has 2 aromatic rings. The fourth-order valence-corrected chi connectivity index (χ4v) is 2.32. The van der Waals surface area contributed by atoms with Crippen molar-refractivity contribution in [2.24, 2.45) is 0 Å². The standard InChI is InChI=1S/C13H11FN4O3/c14-7-1-2-8(15-4-7)12(19)18-5-10-9(16-6-17-10)3-11(18)13(20)21/h1-2,4,6,11H,3,5H2,(H,16,17)(H,20,21). The monoisotopic (exact) mass is 290 g/mol. The summed E-state index contributed by atoms with van der Waals surface area (Å²) in [7, 11) is 0. The Morgan fingerprint density at radius 2 is 2.19 bits per heavy atom. The molecule has 0 fully saturated rings. The number of aromatic nitrogens is 3. The fraction of sp³-hybridized carbons (Fsp3) is 0.231. The van der Waals surface area contributed by atoms with E-state index in [-0.39, 0.29) is 18.7 Å². The van der Waals surface area contributed by atoms with E-state index in [0.29, 0.717) is 11.4 Å². The predicted octanol–water partition coefficient (Wildman–Crippen LogP) is 0.595. The number of aromatic amines is 1. The maximum absolute atomic E-state index is 12.9. The minimum Gasteiger partial charge on any atom is -0.480 e. The molecule has 1 aliphatic heterocycles. The number of halogens is 1. The zero-order chi connectivity index (χ0) is 15.0. The van der Waals surface area contributed by atoms with Gasteiger partial charge in [-0.2, -0.15) is 0 Å². The Labute approximate surface area is 118 Å². The zero-order valence-corrected chi connectivity index (χ0v) is 10.8. The summed E-state index contributed by atoms with van der Waals surface area (Å²) in [6.07, 6.45) is 2.52. The highest BCUT2D eigenvalue weighted by Crippen LogP contribution is 2.22. The average Bonchev–Trinajstić information content (AvgIpc) is 2.93. The van der Waals surface area contributed by atoms with Gasteiger partial charge in [0.15, 0.2) is 0 Å². The Bertz CT molecular complexity index is 698. The molecule has 0 bridgehead atoms. The molecule has 0 radical (unpaired) electrons. The van der Waals surface area contributed by atoms with E-state index in [2.05, 4.69) is 15.0 Å². The van der Waals surface area contributed by atoms with E-state index in [1.54, 1.807) is 0 Å². The van der Waals surface area contributed by atoms with Crippen molar-refractivity contribution in [3.05, 3.63) is 47.6 Å². The first-order chi connectivity index (χ1) is 10.1. The lowest BCUT2D eigenvalue weighted by Gasteiger charge is -2.32. The summed E-state index contributed by atoms with van der Waals surface area (Å²) >= 11 is 0. The normalized spacial score (nSPS) is 17.4. The van der Waals surface area contributed by atoms with Crippen LogP contribution in [-0.2, 0) is 17.8 Å². The Morgan fingerprint density at radius 3 is 2.86 bits per heavy atom. The first-order valence-corrected chi connectivity index (χ1v) is 6.22. The molecular weight excluding hydrogens is 279 g/mol. The number of imidazole rings is 1. The molecular formula is C13H11FN4O3. The first kappa shape index (κ1) is 13.2. The number of fused-ring (bicyclic) bond motifs is 1. The van der Waals surface area contributed by atoms with Crippen LogP contribution in [0.1, 0.15) is 21.9 Å². The van der Waals surface area contributed by atoms with Crippen LogP contribution >= 0.6 is 0 Å². The summed E-state index contributed by atoms with van der Waals surface area (Å²) in [5.74, 6) is -2.22. The number of nitrogens with one attached hydrogen (secondary N) is 1. The number of carbonyl (C=O) groups excluding carboxylic acids is 1. The molecule has 3 rings (SSSR count). The number of amides is 1. The lowest BCUT2D eigenvalue weighted by molar-refractivity contribution is -0.142. The Kier molecular flexibility index (Phi) is 3.13. The van der Waals surface area contributed by atoms with Crippen LogP contribution in [0.5, 0.6) is 0 Å². The van der Waals surface area contributed by atoms with Gasteiger partial charge in [0.25, 0.3) is 5.91 Å². The van der Waals surface area contributed by atoms with E-state index < -0.39 is 23.7 Å². The van der Waals surface area contributed by atoms with Gasteiger partial charge < -0.3 is 15.0 Å². The van der Waals surface area contributed by atoms with Crippen LogP contribution in [-0.4, -0.2) is 42.9 Å². The second-order valence-electron chi connectivity index (χ2n) is 4.68. The van der Waals surface area contributed by atoms with Gasteiger partial charge in [-0.1, -0.05) is 0 Å². The van der Waals surface area contributed by atoms with Crippen LogP contribution in [0, 0.1) is 5.82 Å². The third kappa shape index (κ3) is 2.35. The number of carbonyl (C=O) groups is 2. The van der Waals surface area contributed by atoms with Crippen LogP contribution in [0.25, 0.3) is 0 Å². The molecule has 0 aromatic carbocycles. The van der Waals surface area contributed by atoms with Crippen molar-refractivity contribution >= 4 is 11.9 Å². The van der Waals surface area contributed by atoms with Gasteiger partial charge in [0.2, 0.25) is 0 Å². The van der Waals surface area contributed by atoms with E-state index in [1.807, 2.05) is 0 Å². The van der Waals surface area contributed by atoms with Gasteiger partial charge in [-0.3, -0.25) is 4.79 Å². The molecule has 0 saturated heterocycles. The number of hydrogen-bond acceptors (Lipinski definition) is 4. The van der Waals surface area contributed by atoms with Crippen LogP contribution in [0.3, 0.4) is 0 Å². The second-order valence-corrected chi connectivity index (χ2v) is 4.68. The summed E-state index contributed by atoms with van der Waals surface area (Å²) in [6, 6.07) is 1.33. The quantitative estimate of drug-likeness (QED) is 0.843. The number of aliphatic carboxylic acids is 1. The summed E-state index contributed by atoms with van der Waals surface area (Å²) in [6.45, 7) is 0.101. The van der Waals surface area contributed by atoms with Crippen LogP contribution in [0.15, 0.2) is 24.7 Å². The molecule has 2 N–H and O–H groups in total. The van der Waals surface area contributed by atoms with Gasteiger partial charge in [-0.05, 0) is 12.1 Å². The molecule has 1 atom stereocenters. The number of rotatable bonds is 2. The topological polar surface area (TPSA) is 99.2 Å². The highest BCUT2D eigenvalue weighted by Gasteiger charge is 2.36. The Morgan fingerprint density at radius 1 is 1.38 bits per heavy atom. The van der Waals surface area contributed by atoms with Crippen molar-refractivity contribution in [1.82, 2.24) is 19.9 Å². The van der Waals surface area contributed by atoms with Crippen molar-refractivity contribution in [2.45, 2.75) is 19.0 Å². The van der Waals surface area contributed by atoms with Crippen molar-refractivity contribution in [3.8, 4) is 0 Å². The van der Waals surface area contributed by atoms with Crippen LogP contribution in [0.2, 0.25) is 0 Å². The van der Waals surface area contributed by atoms with Gasteiger partial charge in [-0.25, -0.2) is 19.2 Å². The van der Waals surface area contributed by atoms with Gasteiger partial charge in [0, 0.05) is 6.42 Å². The molecule has 7 nitrogen and oxygen atoms in total. The van der Waals surface area contributed by atoms with Crippen molar-refractivity contribution < 1.29 is 19.1 Å². The second kappa shape index (κ2) is 4.97. The van der Waals surface area contributed by atoms with E-state index >= 15 is 0 Å². The lowest BCUT2D eigenvalue weighted by atomic mass is 10.0. The van der Waals surface area contributed by atoms with Crippen molar-refractivity contribution in [2.75, 3.05) is 0 Å². The fourth-order valence-electron chi connectivity index (χ4n) is 2.32. The molecule has 21 heavy (non-hydrogen) atoms. The Balaban J connectivity index is 1.93. The van der Waals surface area contributed by atoms with E-state index in [0.717, 1.165) is 12.3 Å². The lowest BCUT2D eigenvalue weighted by Crippen LogP contribution is -2.48. The van der Waals surface area contributed by atoms with Crippen LogP contribution < -0.4 is 0 Å². The van der Waals surface area contributed by atoms with Crippen molar-refractivity contribution in [3.63, 3.8) is 0 Å². The molecule has 1 aliphatic rings. The number of carboxylic acid groups (broad SMARTS) is 1. The third-order valence-electron chi connectivity index (χ3n) is 3.39. The molecule has 108 valence electrons. The van der Waals surface area contributed by atoms with Gasteiger partial charge >= 0.3 is 5.97 Å². The molecule has 2 aromatic heterocycles. The number of hydrogen-bond donors (Lipinski definition) is 2. The van der Waals surface area contributed by atoms with Gasteiger partial charge in [0.1, 0.15) is 17.6 Å². The molecule has 0 aliphatic carbocycles. The first-order valence-electron chi connectivity index (χ1n) is 6.22. The maximum atomic E-state index is 12.9. The van der Waals surface area contributed by atoms with E-state index in [9.17, 15) is 19.1 Å². The summed E-state index contributed by atoms with van der Waals surface area (Å²) in [5.41, 5.74) is 1.34. The summed E-state index contributed by atoms with van der Waals surface area (Å²) in [5, 5.41) is 9.30. The largest absolute Gasteiger partial charge is 0.480 e. The van der Waals surface area contributed by atoms with E-state index in [1.165, 1.54) is 17.3 Å². The minimum absolute atomic E-state index is 0.00520. The predicted molar refractivity (Wildman–Crippen MR) is 67.8 cm³/mol. The smallest absolute Gasteiger partial charge is 0.326 e. The number of nitrogens with zero attached hydrogens (tertiary/aromatic N) is 3. The average molecular weight is 290 g/mol. The molecule has 1 unspecified atom stereocenters. The van der Waals surface area contributed by atoms with E-state index in [4.69, 9.17) is 0 Å². The minimum atomic E-state index is -1.11. The SMILES string of the molecule is O=C(O)C1Cc2nc[nH]c2CN1C(=O)c1ccc(F)cn1. The third-order valence-corrected chi connectivity index (χ3v) is 3.39.